The van der Waals surface area contributed by atoms with Crippen LogP contribution in [0.4, 0.5) is 0 Å². The highest BCUT2D eigenvalue weighted by molar-refractivity contribution is 14.0. The van der Waals surface area contributed by atoms with Crippen LogP contribution in [0.25, 0.3) is 0 Å². The summed E-state index contributed by atoms with van der Waals surface area (Å²) >= 11 is 0. The first-order chi connectivity index (χ1) is 13.2. The van der Waals surface area contributed by atoms with Crippen molar-refractivity contribution in [2.75, 3.05) is 48.0 Å². The monoisotopic (exact) mass is 503 g/mol. The van der Waals surface area contributed by atoms with E-state index >= 15 is 0 Å². The highest BCUT2D eigenvalue weighted by Gasteiger charge is 2.35. The summed E-state index contributed by atoms with van der Waals surface area (Å²) in [5.41, 5.74) is 1.04. The summed E-state index contributed by atoms with van der Waals surface area (Å²) in [6, 6.07) is 3.80. The van der Waals surface area contributed by atoms with Crippen molar-refractivity contribution >= 4 is 29.9 Å². The Hall–Kier alpha value is -1.38. The largest absolute Gasteiger partial charge is 0.496 e. The lowest BCUT2D eigenvalue weighted by Crippen LogP contribution is -2.41. The number of halogens is 1. The molecule has 1 saturated carbocycles. The molecule has 6 nitrogen and oxygen atoms in total. The average molecular weight is 503 g/mol. The predicted molar refractivity (Wildman–Crippen MR) is 124 cm³/mol. The van der Waals surface area contributed by atoms with Gasteiger partial charge in [0.1, 0.15) is 17.2 Å². The number of nitrogens with one attached hydrogen (secondary N) is 1. The number of hydrogen-bond acceptors (Lipinski definition) is 4. The molecular formula is C21H34IN3O3. The number of likely N-dealkylation sites (tertiary alicyclic amines) is 1. The molecule has 158 valence electrons. The molecule has 2 unspecified atom stereocenters. The van der Waals surface area contributed by atoms with E-state index in [1.807, 2.05) is 19.2 Å². The van der Waals surface area contributed by atoms with E-state index in [1.165, 1.54) is 25.7 Å². The number of rotatable bonds is 6. The van der Waals surface area contributed by atoms with Crippen LogP contribution in [-0.2, 0) is 6.42 Å². The Kier molecular flexibility index (Phi) is 8.98. The average Bonchev–Trinajstić information content (AvgIpc) is 3.14. The summed E-state index contributed by atoms with van der Waals surface area (Å²) in [5.74, 6) is 5.01. The van der Waals surface area contributed by atoms with Crippen molar-refractivity contribution in [2.24, 2.45) is 16.8 Å². The van der Waals surface area contributed by atoms with Gasteiger partial charge in [-0.1, -0.05) is 12.8 Å². The summed E-state index contributed by atoms with van der Waals surface area (Å²) < 4.78 is 16.4. The van der Waals surface area contributed by atoms with Gasteiger partial charge in [0, 0.05) is 44.4 Å². The zero-order valence-corrected chi connectivity index (χ0v) is 19.8. The fourth-order valence-corrected chi connectivity index (χ4v) is 4.53. The lowest BCUT2D eigenvalue weighted by atomic mass is 9.82. The third kappa shape index (κ3) is 5.15. The molecule has 2 aliphatic rings. The minimum atomic E-state index is 0. The van der Waals surface area contributed by atoms with Crippen LogP contribution in [0.1, 0.15) is 31.2 Å². The fraction of sp³-hybridized carbons (Fsp3) is 0.667. The van der Waals surface area contributed by atoms with Crippen LogP contribution in [0.5, 0.6) is 17.2 Å². The number of fused-ring (bicyclic) bond motifs is 1. The van der Waals surface area contributed by atoms with E-state index in [0.29, 0.717) is 0 Å². The Bertz CT molecular complexity index is 629. The van der Waals surface area contributed by atoms with E-state index in [1.54, 1.807) is 21.3 Å². The van der Waals surface area contributed by atoms with Crippen molar-refractivity contribution in [1.82, 2.24) is 10.2 Å². The molecule has 1 aliphatic carbocycles. The molecule has 1 aliphatic heterocycles. The summed E-state index contributed by atoms with van der Waals surface area (Å²) in [5, 5.41) is 3.53. The number of benzene rings is 1. The van der Waals surface area contributed by atoms with Gasteiger partial charge < -0.3 is 24.4 Å². The van der Waals surface area contributed by atoms with Gasteiger partial charge in [-0.05, 0) is 31.1 Å². The molecule has 1 heterocycles. The van der Waals surface area contributed by atoms with Crippen molar-refractivity contribution in [2.45, 2.75) is 32.1 Å². The molecule has 0 radical (unpaired) electrons. The molecule has 0 amide bonds. The molecule has 1 N–H and O–H groups in total. The van der Waals surface area contributed by atoms with Crippen molar-refractivity contribution in [1.29, 1.82) is 0 Å². The van der Waals surface area contributed by atoms with E-state index < -0.39 is 0 Å². The van der Waals surface area contributed by atoms with Gasteiger partial charge in [-0.2, -0.15) is 0 Å². The van der Waals surface area contributed by atoms with Gasteiger partial charge in [-0.3, -0.25) is 4.99 Å². The first kappa shape index (κ1) is 22.9. The minimum absolute atomic E-state index is 0. The van der Waals surface area contributed by atoms with Crippen LogP contribution in [-0.4, -0.2) is 58.9 Å². The fourth-order valence-electron chi connectivity index (χ4n) is 4.53. The van der Waals surface area contributed by atoms with E-state index in [2.05, 4.69) is 15.2 Å². The first-order valence-electron chi connectivity index (χ1n) is 9.94. The summed E-state index contributed by atoms with van der Waals surface area (Å²) in [6.07, 6.45) is 6.31. The Labute approximate surface area is 186 Å². The molecule has 1 aromatic rings. The van der Waals surface area contributed by atoms with E-state index in [0.717, 1.165) is 66.7 Å². The number of hydrogen-bond donors (Lipinski definition) is 1. The maximum absolute atomic E-state index is 5.55. The summed E-state index contributed by atoms with van der Waals surface area (Å²) in [6.45, 7) is 3.05. The summed E-state index contributed by atoms with van der Waals surface area (Å²) in [4.78, 5) is 6.95. The predicted octanol–water partition coefficient (Wildman–Crippen LogP) is 3.57. The third-order valence-electron chi connectivity index (χ3n) is 5.96. The Balaban J connectivity index is 0.00000280. The van der Waals surface area contributed by atoms with Crippen LogP contribution in [0.2, 0.25) is 0 Å². The number of nitrogens with zero attached hydrogens (tertiary/aromatic N) is 2. The Morgan fingerprint density at radius 3 is 2.07 bits per heavy atom. The van der Waals surface area contributed by atoms with Gasteiger partial charge >= 0.3 is 0 Å². The number of guanidine groups is 1. The van der Waals surface area contributed by atoms with Crippen LogP contribution in [0.3, 0.4) is 0 Å². The lowest BCUT2D eigenvalue weighted by molar-refractivity contribution is 0.299. The Morgan fingerprint density at radius 1 is 1.04 bits per heavy atom. The van der Waals surface area contributed by atoms with E-state index in [-0.39, 0.29) is 24.0 Å². The molecule has 2 atom stereocenters. The maximum atomic E-state index is 5.55. The topological polar surface area (TPSA) is 55.3 Å². The second-order valence-corrected chi connectivity index (χ2v) is 7.44. The molecule has 1 saturated heterocycles. The molecule has 3 rings (SSSR count). The highest BCUT2D eigenvalue weighted by Crippen LogP contribution is 2.36. The normalized spacial score (nSPS) is 21.6. The molecule has 7 heteroatoms. The van der Waals surface area contributed by atoms with E-state index in [4.69, 9.17) is 14.2 Å². The quantitative estimate of drug-likeness (QED) is 0.366. The number of aliphatic imine (C=N–C) groups is 1. The zero-order valence-electron chi connectivity index (χ0n) is 17.5. The highest BCUT2D eigenvalue weighted by atomic mass is 127. The van der Waals surface area contributed by atoms with Crippen molar-refractivity contribution in [3.05, 3.63) is 17.7 Å². The molecular weight excluding hydrogens is 469 g/mol. The Morgan fingerprint density at radius 2 is 1.61 bits per heavy atom. The maximum Gasteiger partial charge on any atom is 0.193 e. The molecule has 28 heavy (non-hydrogen) atoms. The van der Waals surface area contributed by atoms with Gasteiger partial charge in [-0.15, -0.1) is 24.0 Å². The van der Waals surface area contributed by atoms with Gasteiger partial charge in [0.05, 0.1) is 21.3 Å². The van der Waals surface area contributed by atoms with Gasteiger partial charge in [0.15, 0.2) is 5.96 Å². The van der Waals surface area contributed by atoms with Crippen LogP contribution in [0, 0.1) is 11.8 Å². The van der Waals surface area contributed by atoms with Crippen molar-refractivity contribution < 1.29 is 14.2 Å². The zero-order chi connectivity index (χ0) is 19.2. The third-order valence-corrected chi connectivity index (χ3v) is 5.96. The molecule has 0 spiro atoms. The molecule has 0 aromatic heterocycles. The van der Waals surface area contributed by atoms with Gasteiger partial charge in [0.25, 0.3) is 0 Å². The first-order valence-corrected chi connectivity index (χ1v) is 9.94. The van der Waals surface area contributed by atoms with Crippen LogP contribution >= 0.6 is 24.0 Å². The lowest BCUT2D eigenvalue weighted by Gasteiger charge is -2.22. The molecule has 2 fully saturated rings. The SMILES string of the molecule is CN=C(NCCc1c(OC)cc(OC)cc1OC)N1CC2CCCCC2C1.I. The minimum Gasteiger partial charge on any atom is -0.496 e. The van der Waals surface area contributed by atoms with Crippen molar-refractivity contribution in [3.63, 3.8) is 0 Å². The second-order valence-electron chi connectivity index (χ2n) is 7.44. The van der Waals surface area contributed by atoms with Gasteiger partial charge in [-0.25, -0.2) is 0 Å². The summed E-state index contributed by atoms with van der Waals surface area (Å²) in [7, 11) is 6.87. The number of methoxy groups -OCH3 is 3. The number of ether oxygens (including phenoxy) is 3. The van der Waals surface area contributed by atoms with Crippen LogP contribution < -0.4 is 19.5 Å². The molecule has 0 bridgehead atoms. The molecule has 1 aromatic carbocycles. The second kappa shape index (κ2) is 11.0. The standard InChI is InChI=1S/C21H33N3O3.HI/c1-22-21(24-13-15-7-5-6-8-16(15)14-24)23-10-9-18-19(26-3)11-17(25-2)12-20(18)27-4;/h11-12,15-16H,5-10,13-14H2,1-4H3,(H,22,23);1H. The van der Waals surface area contributed by atoms with Gasteiger partial charge in [0.2, 0.25) is 0 Å². The van der Waals surface area contributed by atoms with Crippen LogP contribution in [0.15, 0.2) is 17.1 Å². The smallest absolute Gasteiger partial charge is 0.193 e. The van der Waals surface area contributed by atoms with Crippen molar-refractivity contribution in [3.8, 4) is 17.2 Å². The van der Waals surface area contributed by atoms with E-state index in [9.17, 15) is 0 Å².